The normalized spacial score (nSPS) is 10.8. The summed E-state index contributed by atoms with van der Waals surface area (Å²) in [5.74, 6) is -1.15. The van der Waals surface area contributed by atoms with Gasteiger partial charge >= 0.3 is 5.97 Å². The summed E-state index contributed by atoms with van der Waals surface area (Å²) in [6, 6.07) is 14.3. The Labute approximate surface area is 193 Å². The van der Waals surface area contributed by atoms with E-state index in [4.69, 9.17) is 16.3 Å². The third-order valence-electron chi connectivity index (χ3n) is 4.98. The van der Waals surface area contributed by atoms with E-state index in [1.165, 1.54) is 17.5 Å². The highest BCUT2D eigenvalue weighted by Gasteiger charge is 2.24. The van der Waals surface area contributed by atoms with Crippen LogP contribution in [0.15, 0.2) is 64.9 Å². The molecule has 0 aliphatic carbocycles. The lowest BCUT2D eigenvalue weighted by Crippen LogP contribution is -2.24. The molecule has 0 bridgehead atoms. The molecule has 0 atom stereocenters. The summed E-state index contributed by atoms with van der Waals surface area (Å²) >= 11 is 7.25. The zero-order valence-electron chi connectivity index (χ0n) is 17.3. The average molecular weight is 467 g/mol. The summed E-state index contributed by atoms with van der Waals surface area (Å²) in [5, 5.41) is 5.59. The van der Waals surface area contributed by atoms with Crippen molar-refractivity contribution in [2.24, 2.45) is 7.05 Å². The molecule has 0 aliphatic rings. The van der Waals surface area contributed by atoms with E-state index in [2.05, 4.69) is 5.32 Å². The lowest BCUT2D eigenvalue weighted by Gasteiger charge is -2.11. The Bertz CT molecular complexity index is 1390. The lowest BCUT2D eigenvalue weighted by atomic mass is 10.0. The molecule has 32 heavy (non-hydrogen) atoms. The molecule has 2 heterocycles. The largest absolute Gasteiger partial charge is 0.462 e. The number of nitrogens with zero attached hydrogens (tertiary/aromatic N) is 1. The average Bonchev–Trinajstić information content (AvgIpc) is 3.20. The van der Waals surface area contributed by atoms with E-state index in [0.29, 0.717) is 26.5 Å². The highest BCUT2D eigenvalue weighted by Crippen LogP contribution is 2.36. The number of carbonyl (C=O) groups excluding carboxylic acids is 2. The van der Waals surface area contributed by atoms with E-state index >= 15 is 0 Å². The fourth-order valence-electron chi connectivity index (χ4n) is 3.48. The van der Waals surface area contributed by atoms with Gasteiger partial charge in [0, 0.05) is 34.6 Å². The number of ether oxygens (including phenoxy) is 1. The third-order valence-corrected chi connectivity index (χ3v) is 6.11. The number of hydrogen-bond donors (Lipinski definition) is 1. The predicted octanol–water partition coefficient (Wildman–Crippen LogP) is 5.35. The summed E-state index contributed by atoms with van der Waals surface area (Å²) in [5.41, 5.74) is 1.91. The van der Waals surface area contributed by atoms with Crippen LogP contribution in [-0.4, -0.2) is 23.1 Å². The molecule has 8 heteroatoms. The van der Waals surface area contributed by atoms with Crippen molar-refractivity contribution in [3.8, 4) is 11.1 Å². The minimum Gasteiger partial charge on any atom is -0.462 e. The number of esters is 1. The molecular formula is C24H19ClN2O4S. The molecule has 0 fully saturated rings. The Morgan fingerprint density at radius 2 is 1.91 bits per heavy atom. The van der Waals surface area contributed by atoms with Crippen molar-refractivity contribution in [2.75, 3.05) is 11.9 Å². The van der Waals surface area contributed by atoms with Crippen molar-refractivity contribution in [3.05, 3.63) is 86.5 Å². The first-order chi connectivity index (χ1) is 15.4. The molecule has 0 saturated carbocycles. The monoisotopic (exact) mass is 466 g/mol. The molecular weight excluding hydrogens is 448 g/mol. The van der Waals surface area contributed by atoms with Gasteiger partial charge in [0.15, 0.2) is 0 Å². The van der Waals surface area contributed by atoms with Crippen molar-refractivity contribution in [3.63, 3.8) is 0 Å². The van der Waals surface area contributed by atoms with Gasteiger partial charge in [0.2, 0.25) is 5.43 Å². The SMILES string of the molecule is CCOC(=O)c1c(-c2ccccc2)csc1NC(=O)c1cn(C)c2ccc(Cl)cc2c1=O. The Kier molecular flexibility index (Phi) is 6.12. The number of aryl methyl sites for hydroxylation is 1. The third kappa shape index (κ3) is 4.04. The minimum atomic E-state index is -0.612. The number of hydrogen-bond acceptors (Lipinski definition) is 5. The zero-order valence-corrected chi connectivity index (χ0v) is 18.9. The molecule has 4 aromatic rings. The van der Waals surface area contributed by atoms with Gasteiger partial charge in [-0.2, -0.15) is 0 Å². The number of carbonyl (C=O) groups is 2. The highest BCUT2D eigenvalue weighted by molar-refractivity contribution is 7.15. The summed E-state index contributed by atoms with van der Waals surface area (Å²) in [6.07, 6.45) is 1.48. The van der Waals surface area contributed by atoms with Crippen LogP contribution in [0.25, 0.3) is 22.0 Å². The van der Waals surface area contributed by atoms with Gasteiger partial charge in [-0.05, 0) is 30.7 Å². The lowest BCUT2D eigenvalue weighted by molar-refractivity contribution is 0.0529. The van der Waals surface area contributed by atoms with E-state index < -0.39 is 17.3 Å². The number of pyridine rings is 1. The van der Waals surface area contributed by atoms with Crippen LogP contribution in [0.5, 0.6) is 0 Å². The topological polar surface area (TPSA) is 77.4 Å². The molecule has 0 saturated heterocycles. The highest BCUT2D eigenvalue weighted by atomic mass is 35.5. The van der Waals surface area contributed by atoms with Gasteiger partial charge < -0.3 is 14.6 Å². The van der Waals surface area contributed by atoms with Crippen molar-refractivity contribution in [1.82, 2.24) is 4.57 Å². The molecule has 1 N–H and O–H groups in total. The first kappa shape index (κ1) is 21.8. The Balaban J connectivity index is 1.77. The van der Waals surface area contributed by atoms with Gasteiger partial charge in [0.05, 0.1) is 12.1 Å². The van der Waals surface area contributed by atoms with Crippen LogP contribution >= 0.6 is 22.9 Å². The number of fused-ring (bicyclic) bond motifs is 1. The molecule has 4 rings (SSSR count). The van der Waals surface area contributed by atoms with Gasteiger partial charge in [-0.3, -0.25) is 9.59 Å². The van der Waals surface area contributed by atoms with Crippen LogP contribution in [0.3, 0.4) is 0 Å². The van der Waals surface area contributed by atoms with E-state index in [0.717, 1.165) is 5.56 Å². The van der Waals surface area contributed by atoms with Crippen LogP contribution in [0.2, 0.25) is 5.02 Å². The van der Waals surface area contributed by atoms with Crippen LogP contribution < -0.4 is 10.7 Å². The maximum atomic E-state index is 13.1. The maximum absolute atomic E-state index is 13.1. The zero-order chi connectivity index (χ0) is 22.8. The second-order valence-electron chi connectivity index (χ2n) is 7.04. The van der Waals surface area contributed by atoms with E-state index in [1.807, 2.05) is 30.3 Å². The number of aromatic nitrogens is 1. The number of nitrogens with one attached hydrogen (secondary N) is 1. The molecule has 2 aromatic carbocycles. The van der Waals surface area contributed by atoms with E-state index in [9.17, 15) is 14.4 Å². The number of amides is 1. The Morgan fingerprint density at radius 1 is 1.16 bits per heavy atom. The second kappa shape index (κ2) is 8.98. The smallest absolute Gasteiger partial charge is 0.341 e. The molecule has 0 unspecified atom stereocenters. The molecule has 0 aliphatic heterocycles. The second-order valence-corrected chi connectivity index (χ2v) is 8.35. The van der Waals surface area contributed by atoms with Gasteiger partial charge in [-0.1, -0.05) is 41.9 Å². The quantitative estimate of drug-likeness (QED) is 0.402. The number of thiophene rings is 1. The number of rotatable bonds is 5. The number of benzene rings is 2. The molecule has 2 aromatic heterocycles. The Hall–Kier alpha value is -3.42. The molecule has 162 valence electrons. The number of halogens is 1. The van der Waals surface area contributed by atoms with Crippen molar-refractivity contribution < 1.29 is 14.3 Å². The van der Waals surface area contributed by atoms with Gasteiger partial charge in [-0.15, -0.1) is 11.3 Å². The predicted molar refractivity (Wildman–Crippen MR) is 128 cm³/mol. The maximum Gasteiger partial charge on any atom is 0.341 e. The fourth-order valence-corrected chi connectivity index (χ4v) is 4.61. The number of anilines is 1. The summed E-state index contributed by atoms with van der Waals surface area (Å²) < 4.78 is 6.92. The standard InChI is InChI=1S/C24H19ClN2O4S/c1-3-31-24(30)20-18(14-7-5-4-6-8-14)13-32-23(20)26-22(29)17-12-27(2)19-10-9-15(25)11-16(19)21(17)28/h4-13H,3H2,1-2H3,(H,26,29). The Morgan fingerprint density at radius 3 is 2.62 bits per heavy atom. The molecule has 6 nitrogen and oxygen atoms in total. The van der Waals surface area contributed by atoms with E-state index in [1.54, 1.807) is 42.1 Å². The summed E-state index contributed by atoms with van der Waals surface area (Å²) in [4.78, 5) is 38.8. The van der Waals surface area contributed by atoms with Gasteiger partial charge in [-0.25, -0.2) is 4.79 Å². The first-order valence-corrected chi connectivity index (χ1v) is 11.1. The molecule has 0 radical (unpaired) electrons. The van der Waals surface area contributed by atoms with Gasteiger partial charge in [0.25, 0.3) is 5.91 Å². The van der Waals surface area contributed by atoms with Crippen LogP contribution in [0.1, 0.15) is 27.6 Å². The van der Waals surface area contributed by atoms with Crippen molar-refractivity contribution in [2.45, 2.75) is 6.92 Å². The van der Waals surface area contributed by atoms with E-state index in [-0.39, 0.29) is 17.7 Å². The van der Waals surface area contributed by atoms with Crippen molar-refractivity contribution >= 4 is 50.7 Å². The summed E-state index contributed by atoms with van der Waals surface area (Å²) in [7, 11) is 1.75. The molecule has 1 amide bonds. The first-order valence-electron chi connectivity index (χ1n) is 9.85. The van der Waals surface area contributed by atoms with Gasteiger partial charge in [0.1, 0.15) is 16.1 Å². The summed E-state index contributed by atoms with van der Waals surface area (Å²) in [6.45, 7) is 1.91. The van der Waals surface area contributed by atoms with Crippen LogP contribution in [0, 0.1) is 0 Å². The molecule has 0 spiro atoms. The van der Waals surface area contributed by atoms with Crippen LogP contribution in [0.4, 0.5) is 5.00 Å². The minimum absolute atomic E-state index is 0.0493. The van der Waals surface area contributed by atoms with Crippen LogP contribution in [-0.2, 0) is 11.8 Å². The fraction of sp³-hybridized carbons (Fsp3) is 0.125. The van der Waals surface area contributed by atoms with Crippen molar-refractivity contribution in [1.29, 1.82) is 0 Å².